The van der Waals surface area contributed by atoms with Crippen molar-refractivity contribution < 1.29 is 27.1 Å². The number of hydrogen-bond donors (Lipinski definition) is 2. The maximum absolute atomic E-state index is 15.0. The highest BCUT2D eigenvalue weighted by molar-refractivity contribution is 5.94. The molecule has 0 bridgehead atoms. The molecule has 1 amide bonds. The van der Waals surface area contributed by atoms with E-state index in [1.54, 1.807) is 11.8 Å². The average Bonchev–Trinajstić information content (AvgIpc) is 2.81. The van der Waals surface area contributed by atoms with E-state index in [4.69, 9.17) is 4.74 Å². The Hall–Kier alpha value is -3.47. The smallest absolute Gasteiger partial charge is 0.376 e. The summed E-state index contributed by atoms with van der Waals surface area (Å²) in [6.45, 7) is 6.13. The van der Waals surface area contributed by atoms with E-state index in [1.165, 1.54) is 19.1 Å². The number of fused-ring (bicyclic) bond motifs is 1. The number of aromatic nitrogens is 2. The monoisotopic (exact) mass is 506 g/mol. The van der Waals surface area contributed by atoms with Crippen LogP contribution < -0.4 is 10.9 Å². The highest BCUT2D eigenvalue weighted by atomic mass is 19.4. The molecule has 0 spiro atoms. The maximum Gasteiger partial charge on any atom is 0.416 e. The molecule has 1 saturated heterocycles. The Balaban J connectivity index is 1.68. The number of H-pyrrole nitrogens is 1. The zero-order valence-electron chi connectivity index (χ0n) is 20.0. The van der Waals surface area contributed by atoms with Crippen molar-refractivity contribution in [3.05, 3.63) is 69.0 Å². The molecule has 2 aromatic carbocycles. The van der Waals surface area contributed by atoms with E-state index >= 15 is 4.39 Å². The summed E-state index contributed by atoms with van der Waals surface area (Å²) in [5, 5.41) is 2.83. The van der Waals surface area contributed by atoms with Crippen molar-refractivity contribution in [2.75, 3.05) is 25.0 Å². The van der Waals surface area contributed by atoms with Gasteiger partial charge >= 0.3 is 6.18 Å². The standard InChI is InChI=1S/C25H26F4N4O3/c1-4-20(16-10-17-22(11-18(16)25(27,28)29)30-14(3)31-23(17)34)32-21-6-5-15(9-19(21)26)24(35)33-7-8-36-13(2)12-33/h5-6,9-11,13,20,32H,4,7-8,12H2,1-3H3,(H,30,31,34). The van der Waals surface area contributed by atoms with E-state index in [2.05, 4.69) is 15.3 Å². The van der Waals surface area contributed by atoms with Crippen molar-refractivity contribution in [3.63, 3.8) is 0 Å². The molecule has 1 aromatic heterocycles. The van der Waals surface area contributed by atoms with Gasteiger partial charge in [0.1, 0.15) is 11.6 Å². The van der Waals surface area contributed by atoms with Gasteiger partial charge in [0.2, 0.25) is 0 Å². The fourth-order valence-electron chi connectivity index (χ4n) is 4.39. The number of morpholine rings is 1. The van der Waals surface area contributed by atoms with Crippen LogP contribution in [0.4, 0.5) is 23.2 Å². The Kier molecular flexibility index (Phi) is 7.03. The van der Waals surface area contributed by atoms with Gasteiger partial charge in [0, 0.05) is 18.7 Å². The third-order valence-corrected chi connectivity index (χ3v) is 6.16. The molecule has 2 unspecified atom stereocenters. The minimum absolute atomic E-state index is 0.00464. The van der Waals surface area contributed by atoms with Crippen LogP contribution in [-0.2, 0) is 10.9 Å². The number of carbonyl (C=O) groups is 1. The molecule has 0 aliphatic carbocycles. The number of rotatable bonds is 5. The number of hydrogen-bond acceptors (Lipinski definition) is 5. The molecule has 4 rings (SSSR count). The summed E-state index contributed by atoms with van der Waals surface area (Å²) in [6.07, 6.45) is -4.69. The molecule has 0 radical (unpaired) electrons. The van der Waals surface area contributed by atoms with E-state index in [1.807, 2.05) is 6.92 Å². The number of aromatic amines is 1. The van der Waals surface area contributed by atoms with Crippen LogP contribution >= 0.6 is 0 Å². The molecule has 2 atom stereocenters. The second kappa shape index (κ2) is 9.88. The average molecular weight is 507 g/mol. The largest absolute Gasteiger partial charge is 0.416 e. The van der Waals surface area contributed by atoms with Gasteiger partial charge in [-0.15, -0.1) is 0 Å². The van der Waals surface area contributed by atoms with E-state index < -0.39 is 29.2 Å². The van der Waals surface area contributed by atoms with E-state index in [0.29, 0.717) is 19.7 Å². The number of alkyl halides is 3. The number of aryl methyl sites for hydroxylation is 1. The molecular formula is C25H26F4N4O3. The number of benzene rings is 2. The summed E-state index contributed by atoms with van der Waals surface area (Å²) >= 11 is 0. The van der Waals surface area contributed by atoms with Crippen LogP contribution in [0.3, 0.4) is 0 Å². The lowest BCUT2D eigenvalue weighted by atomic mass is 9.95. The first-order valence-corrected chi connectivity index (χ1v) is 11.6. The Morgan fingerprint density at radius 2 is 2.06 bits per heavy atom. The number of carbonyl (C=O) groups excluding carboxylic acids is 1. The van der Waals surface area contributed by atoms with Crippen LogP contribution in [-0.4, -0.2) is 46.6 Å². The van der Waals surface area contributed by atoms with Gasteiger partial charge in [-0.25, -0.2) is 9.37 Å². The van der Waals surface area contributed by atoms with Crippen molar-refractivity contribution in [2.24, 2.45) is 0 Å². The fraction of sp³-hybridized carbons (Fsp3) is 0.400. The van der Waals surface area contributed by atoms with Gasteiger partial charge < -0.3 is 19.9 Å². The zero-order chi connectivity index (χ0) is 26.2. The van der Waals surface area contributed by atoms with Crippen LogP contribution in [0.1, 0.15) is 53.6 Å². The summed E-state index contributed by atoms with van der Waals surface area (Å²) in [6, 6.07) is 4.87. The van der Waals surface area contributed by atoms with Crippen LogP contribution in [0, 0.1) is 12.7 Å². The van der Waals surface area contributed by atoms with Crippen molar-refractivity contribution in [3.8, 4) is 0 Å². The molecule has 1 aliphatic heterocycles. The lowest BCUT2D eigenvalue weighted by Gasteiger charge is -2.31. The molecule has 0 saturated carbocycles. The lowest BCUT2D eigenvalue weighted by molar-refractivity contribution is -0.138. The first-order chi connectivity index (χ1) is 17.0. The molecule has 1 fully saturated rings. The number of nitrogens with one attached hydrogen (secondary N) is 2. The normalized spacial score (nSPS) is 17.3. The van der Waals surface area contributed by atoms with Crippen LogP contribution in [0.2, 0.25) is 0 Å². The minimum atomic E-state index is -4.72. The summed E-state index contributed by atoms with van der Waals surface area (Å²) in [5.41, 5.74) is -1.72. The summed E-state index contributed by atoms with van der Waals surface area (Å²) in [5.74, 6) is -0.926. The highest BCUT2D eigenvalue weighted by Crippen LogP contribution is 2.38. The number of nitrogens with zero attached hydrogens (tertiary/aromatic N) is 2. The van der Waals surface area contributed by atoms with Crippen LogP contribution in [0.15, 0.2) is 35.1 Å². The quantitative estimate of drug-likeness (QED) is 0.485. The van der Waals surface area contributed by atoms with Crippen LogP contribution in [0.5, 0.6) is 0 Å². The Labute approximate surface area is 204 Å². The summed E-state index contributed by atoms with van der Waals surface area (Å²) in [4.78, 5) is 33.2. The summed E-state index contributed by atoms with van der Waals surface area (Å²) in [7, 11) is 0. The number of halogens is 4. The summed E-state index contributed by atoms with van der Waals surface area (Å²) < 4.78 is 62.4. The van der Waals surface area contributed by atoms with Gasteiger partial charge in [-0.05, 0) is 56.2 Å². The van der Waals surface area contributed by atoms with E-state index in [-0.39, 0.29) is 52.0 Å². The molecule has 7 nitrogen and oxygen atoms in total. The Morgan fingerprint density at radius 1 is 1.31 bits per heavy atom. The number of ether oxygens (including phenoxy) is 1. The molecule has 1 aliphatic rings. The first-order valence-electron chi connectivity index (χ1n) is 11.6. The molecule has 36 heavy (non-hydrogen) atoms. The molecule has 3 aromatic rings. The van der Waals surface area contributed by atoms with Crippen molar-refractivity contribution in [1.82, 2.24) is 14.9 Å². The van der Waals surface area contributed by atoms with Crippen LogP contribution in [0.25, 0.3) is 10.9 Å². The van der Waals surface area contributed by atoms with E-state index in [0.717, 1.165) is 18.2 Å². The third-order valence-electron chi connectivity index (χ3n) is 6.16. The molecule has 2 N–H and O–H groups in total. The number of anilines is 1. The zero-order valence-corrected chi connectivity index (χ0v) is 20.0. The van der Waals surface area contributed by atoms with Crippen molar-refractivity contribution in [2.45, 2.75) is 45.5 Å². The lowest BCUT2D eigenvalue weighted by Crippen LogP contribution is -2.44. The predicted molar refractivity (Wildman–Crippen MR) is 126 cm³/mol. The van der Waals surface area contributed by atoms with Gasteiger partial charge in [0.15, 0.2) is 0 Å². The molecule has 2 heterocycles. The maximum atomic E-state index is 15.0. The van der Waals surface area contributed by atoms with Gasteiger partial charge in [0.05, 0.1) is 40.9 Å². The van der Waals surface area contributed by atoms with Gasteiger partial charge in [-0.1, -0.05) is 6.92 Å². The Morgan fingerprint density at radius 3 is 2.69 bits per heavy atom. The SMILES string of the molecule is CCC(Nc1ccc(C(=O)N2CCOC(C)C2)cc1F)c1cc2c(=O)[nH]c(C)nc2cc1C(F)(F)F. The van der Waals surface area contributed by atoms with E-state index in [9.17, 15) is 22.8 Å². The molecule has 11 heteroatoms. The molecular weight excluding hydrogens is 480 g/mol. The van der Waals surface area contributed by atoms with Gasteiger partial charge in [-0.2, -0.15) is 13.2 Å². The first kappa shape index (κ1) is 25.6. The van der Waals surface area contributed by atoms with Crippen molar-refractivity contribution in [1.29, 1.82) is 0 Å². The number of amides is 1. The highest BCUT2D eigenvalue weighted by Gasteiger charge is 2.36. The van der Waals surface area contributed by atoms with Crippen molar-refractivity contribution >= 4 is 22.5 Å². The second-order valence-corrected chi connectivity index (χ2v) is 8.84. The fourth-order valence-corrected chi connectivity index (χ4v) is 4.39. The third kappa shape index (κ3) is 5.20. The Bertz CT molecular complexity index is 1360. The van der Waals surface area contributed by atoms with Gasteiger partial charge in [-0.3, -0.25) is 9.59 Å². The topological polar surface area (TPSA) is 87.3 Å². The van der Waals surface area contributed by atoms with Gasteiger partial charge in [0.25, 0.3) is 11.5 Å². The minimum Gasteiger partial charge on any atom is -0.376 e. The predicted octanol–water partition coefficient (Wildman–Crippen LogP) is 4.81. The molecule has 192 valence electrons. The second-order valence-electron chi connectivity index (χ2n) is 8.84.